The minimum Gasteiger partial charge on any atom is -0.389 e. The van der Waals surface area contributed by atoms with E-state index in [0.717, 1.165) is 5.06 Å². The Bertz CT molecular complexity index is 127. The van der Waals surface area contributed by atoms with Crippen molar-refractivity contribution in [3.8, 4) is 0 Å². The molecule has 1 fully saturated rings. The van der Waals surface area contributed by atoms with Crippen LogP contribution >= 0.6 is 0 Å². The molecule has 0 bridgehead atoms. The minimum atomic E-state index is -0.661. The lowest BCUT2D eigenvalue weighted by Gasteiger charge is -2.08. The van der Waals surface area contributed by atoms with Gasteiger partial charge in [0.25, 0.3) is 0 Å². The molecule has 52 valence electrons. The zero-order valence-corrected chi connectivity index (χ0v) is 4.78. The lowest BCUT2D eigenvalue weighted by Crippen LogP contribution is -2.33. The highest BCUT2D eigenvalue weighted by molar-refractivity contribution is 5.70. The van der Waals surface area contributed by atoms with Crippen molar-refractivity contribution < 1.29 is 14.7 Å². The second-order valence-electron chi connectivity index (χ2n) is 1.85. The molecule has 2 amide bonds. The Morgan fingerprint density at radius 3 is 2.78 bits per heavy atom. The molecule has 1 heterocycles. The number of β-amino-alcohol motifs (C(OH)–C–C–N with tert-alkyl or cyclic N) is 1. The van der Waals surface area contributed by atoms with Crippen LogP contribution in [0.3, 0.4) is 0 Å². The Kier molecular flexibility index (Phi) is 1.54. The number of hydroxylamine groups is 2. The predicted octanol–water partition coefficient (Wildman–Crippen LogP) is -1.33. The van der Waals surface area contributed by atoms with Gasteiger partial charge in [0.2, 0.25) is 0 Å². The van der Waals surface area contributed by atoms with Crippen LogP contribution in [0.25, 0.3) is 0 Å². The molecule has 1 saturated heterocycles. The lowest BCUT2D eigenvalue weighted by atomic mass is 10.4. The van der Waals surface area contributed by atoms with E-state index in [2.05, 4.69) is 4.84 Å². The van der Waals surface area contributed by atoms with Gasteiger partial charge >= 0.3 is 6.03 Å². The normalized spacial score (nSPS) is 26.8. The number of carbonyl (C=O) groups excluding carboxylic acids is 1. The largest absolute Gasteiger partial charge is 0.389 e. The molecule has 1 aliphatic rings. The summed E-state index contributed by atoms with van der Waals surface area (Å²) in [5.74, 6) is 0. The van der Waals surface area contributed by atoms with Gasteiger partial charge in [-0.05, 0) is 0 Å². The number of amides is 2. The first-order valence-electron chi connectivity index (χ1n) is 2.58. The van der Waals surface area contributed by atoms with Crippen LogP contribution in [0.15, 0.2) is 0 Å². The molecular weight excluding hydrogens is 124 g/mol. The maximum atomic E-state index is 10.3. The van der Waals surface area contributed by atoms with Gasteiger partial charge in [0.05, 0.1) is 6.54 Å². The van der Waals surface area contributed by atoms with Gasteiger partial charge in [0.1, 0.15) is 12.7 Å². The number of aliphatic hydroxyl groups is 1. The van der Waals surface area contributed by atoms with Gasteiger partial charge in [-0.25, -0.2) is 9.86 Å². The Morgan fingerprint density at radius 2 is 2.56 bits per heavy atom. The van der Waals surface area contributed by atoms with Gasteiger partial charge in [-0.3, -0.25) is 4.84 Å². The maximum absolute atomic E-state index is 10.3. The molecule has 0 aliphatic carbocycles. The molecule has 0 saturated carbocycles. The number of rotatable bonds is 0. The second kappa shape index (κ2) is 2.20. The smallest absolute Gasteiger partial charge is 0.338 e. The first-order valence-corrected chi connectivity index (χ1v) is 2.58. The molecule has 3 N–H and O–H groups in total. The fourth-order valence-corrected chi connectivity index (χ4v) is 0.626. The highest BCUT2D eigenvalue weighted by Gasteiger charge is 2.23. The molecule has 5 heteroatoms. The van der Waals surface area contributed by atoms with Crippen molar-refractivity contribution in [1.82, 2.24) is 5.06 Å². The van der Waals surface area contributed by atoms with E-state index >= 15 is 0 Å². The summed E-state index contributed by atoms with van der Waals surface area (Å²) >= 11 is 0. The Balaban J connectivity index is 2.39. The van der Waals surface area contributed by atoms with Crippen molar-refractivity contribution in [3.63, 3.8) is 0 Å². The molecule has 9 heavy (non-hydrogen) atoms. The van der Waals surface area contributed by atoms with Crippen LogP contribution in [0, 0.1) is 0 Å². The summed E-state index contributed by atoms with van der Waals surface area (Å²) in [5.41, 5.74) is 4.81. The van der Waals surface area contributed by atoms with Crippen LogP contribution < -0.4 is 5.73 Å². The molecule has 5 nitrogen and oxygen atoms in total. The maximum Gasteiger partial charge on any atom is 0.338 e. The Hall–Kier alpha value is -0.810. The number of urea groups is 1. The van der Waals surface area contributed by atoms with Crippen LogP contribution in [0.4, 0.5) is 4.79 Å². The molecule has 0 aromatic rings. The number of aliphatic hydroxyl groups excluding tert-OH is 1. The van der Waals surface area contributed by atoms with E-state index in [1.54, 1.807) is 0 Å². The van der Waals surface area contributed by atoms with E-state index in [4.69, 9.17) is 10.8 Å². The fourth-order valence-electron chi connectivity index (χ4n) is 0.626. The average Bonchev–Trinajstić information content (AvgIpc) is 2.14. The van der Waals surface area contributed by atoms with Crippen molar-refractivity contribution in [2.24, 2.45) is 5.73 Å². The first kappa shape index (κ1) is 6.31. The van der Waals surface area contributed by atoms with Crippen LogP contribution in [0.5, 0.6) is 0 Å². The van der Waals surface area contributed by atoms with Crippen molar-refractivity contribution in [3.05, 3.63) is 0 Å². The van der Waals surface area contributed by atoms with Crippen molar-refractivity contribution in [2.75, 3.05) is 13.2 Å². The third kappa shape index (κ3) is 1.30. The van der Waals surface area contributed by atoms with E-state index in [-0.39, 0.29) is 13.2 Å². The summed E-state index contributed by atoms with van der Waals surface area (Å²) in [4.78, 5) is 14.9. The van der Waals surface area contributed by atoms with E-state index in [1.807, 2.05) is 0 Å². The van der Waals surface area contributed by atoms with E-state index < -0.39 is 12.1 Å². The van der Waals surface area contributed by atoms with Crippen LogP contribution in [-0.4, -0.2) is 35.5 Å². The third-order valence-corrected chi connectivity index (χ3v) is 1.05. The van der Waals surface area contributed by atoms with Gasteiger partial charge < -0.3 is 10.8 Å². The number of primary amides is 1. The van der Waals surface area contributed by atoms with Gasteiger partial charge in [-0.15, -0.1) is 0 Å². The second-order valence-corrected chi connectivity index (χ2v) is 1.85. The summed E-state index contributed by atoms with van der Waals surface area (Å²) in [6.07, 6.45) is -0.586. The van der Waals surface area contributed by atoms with Gasteiger partial charge in [0, 0.05) is 0 Å². The van der Waals surface area contributed by atoms with E-state index in [1.165, 1.54) is 0 Å². The highest BCUT2D eigenvalue weighted by atomic mass is 16.7. The molecule has 0 radical (unpaired) electrons. The fraction of sp³-hybridized carbons (Fsp3) is 0.750. The predicted molar refractivity (Wildman–Crippen MR) is 28.2 cm³/mol. The van der Waals surface area contributed by atoms with Gasteiger partial charge in [0.15, 0.2) is 0 Å². The average molecular weight is 132 g/mol. The van der Waals surface area contributed by atoms with Crippen molar-refractivity contribution >= 4 is 6.03 Å². The topological polar surface area (TPSA) is 75.8 Å². The van der Waals surface area contributed by atoms with Gasteiger partial charge in [-0.2, -0.15) is 0 Å². The summed E-state index contributed by atoms with van der Waals surface area (Å²) < 4.78 is 0. The summed E-state index contributed by atoms with van der Waals surface area (Å²) in [5, 5.41) is 9.71. The SMILES string of the molecule is NC(=O)N1CC(O)CO1. The third-order valence-electron chi connectivity index (χ3n) is 1.05. The standard InChI is InChI=1S/C4H8N2O3/c5-4(8)6-1-3(7)2-9-6/h3,7H,1-2H2,(H2,5,8). The molecule has 0 aromatic carbocycles. The summed E-state index contributed by atoms with van der Waals surface area (Å²) in [7, 11) is 0. The quantitative estimate of drug-likeness (QED) is 0.429. The monoisotopic (exact) mass is 132 g/mol. The van der Waals surface area contributed by atoms with Crippen LogP contribution in [0.1, 0.15) is 0 Å². The zero-order valence-electron chi connectivity index (χ0n) is 4.78. The number of hydrogen-bond donors (Lipinski definition) is 2. The molecule has 1 aliphatic heterocycles. The number of nitrogens with two attached hydrogens (primary N) is 1. The molecule has 0 aromatic heterocycles. The Morgan fingerprint density at radius 1 is 1.89 bits per heavy atom. The minimum absolute atomic E-state index is 0.156. The molecule has 1 rings (SSSR count). The number of nitrogens with zero attached hydrogens (tertiary/aromatic N) is 1. The summed E-state index contributed by atoms with van der Waals surface area (Å²) in [6.45, 7) is 0.332. The molecular formula is C4H8N2O3. The summed E-state index contributed by atoms with van der Waals surface area (Å²) in [6, 6.07) is -0.661. The van der Waals surface area contributed by atoms with E-state index in [9.17, 15) is 4.79 Å². The first-order chi connectivity index (χ1) is 4.20. The van der Waals surface area contributed by atoms with E-state index in [0.29, 0.717) is 0 Å². The Labute approximate surface area is 52.0 Å². The molecule has 1 unspecified atom stereocenters. The lowest BCUT2D eigenvalue weighted by molar-refractivity contribution is -0.0648. The van der Waals surface area contributed by atoms with Gasteiger partial charge in [-0.1, -0.05) is 0 Å². The molecule has 1 atom stereocenters. The molecule has 0 spiro atoms. The number of carbonyl (C=O) groups is 1. The highest BCUT2D eigenvalue weighted by Crippen LogP contribution is 2.03. The number of hydrogen-bond acceptors (Lipinski definition) is 3. The van der Waals surface area contributed by atoms with Crippen LogP contribution in [-0.2, 0) is 4.84 Å². The van der Waals surface area contributed by atoms with Crippen LogP contribution in [0.2, 0.25) is 0 Å². The van der Waals surface area contributed by atoms with Crippen molar-refractivity contribution in [2.45, 2.75) is 6.10 Å². The zero-order chi connectivity index (χ0) is 6.85. The van der Waals surface area contributed by atoms with Crippen molar-refractivity contribution in [1.29, 1.82) is 0 Å².